The summed E-state index contributed by atoms with van der Waals surface area (Å²) in [7, 11) is 0. The lowest BCUT2D eigenvalue weighted by molar-refractivity contribution is -0.0158. The van der Waals surface area contributed by atoms with Crippen molar-refractivity contribution in [2.75, 3.05) is 5.32 Å². The molecule has 7 rings (SSSR count). The maximum absolute atomic E-state index is 13.4. The summed E-state index contributed by atoms with van der Waals surface area (Å²) in [5.74, 6) is 0.863. The van der Waals surface area contributed by atoms with E-state index in [0.29, 0.717) is 11.8 Å². The first kappa shape index (κ1) is 21.5. The number of hydrogen-bond acceptors (Lipinski definition) is 5. The third-order valence-corrected chi connectivity index (χ3v) is 9.43. The van der Waals surface area contributed by atoms with Gasteiger partial charge in [-0.2, -0.15) is 0 Å². The fourth-order valence-electron chi connectivity index (χ4n) is 6.50. The van der Waals surface area contributed by atoms with Crippen molar-refractivity contribution in [1.29, 1.82) is 0 Å². The Hall–Kier alpha value is -1.34. The van der Waals surface area contributed by atoms with Crippen LogP contribution in [-0.4, -0.2) is 11.0 Å². The van der Waals surface area contributed by atoms with E-state index in [9.17, 15) is 9.90 Å². The minimum atomic E-state index is -0.801. The number of benzene rings is 1. The van der Waals surface area contributed by atoms with Gasteiger partial charge < -0.3 is 10.4 Å². The minimum Gasteiger partial charge on any atom is -0.385 e. The Kier molecular flexibility index (Phi) is 5.70. The number of amides is 1. The number of hydrogen-bond donors (Lipinski definition) is 4. The predicted octanol–water partition coefficient (Wildman–Crippen LogP) is 5.26. The minimum absolute atomic E-state index is 0.0177. The van der Waals surface area contributed by atoms with E-state index in [1.807, 2.05) is 13.0 Å². The van der Waals surface area contributed by atoms with E-state index >= 15 is 0 Å². The predicted molar refractivity (Wildman–Crippen MR) is 130 cm³/mol. The molecule has 0 spiro atoms. The molecule has 5 aliphatic carbocycles. The van der Waals surface area contributed by atoms with Gasteiger partial charge in [0, 0.05) is 10.6 Å². The Morgan fingerprint density at radius 2 is 1.68 bits per heavy atom. The number of thiol groups is 1. The molecule has 1 unspecified atom stereocenters. The average Bonchev–Trinajstić information content (AvgIpc) is 3.52. The number of thiophene rings is 1. The van der Waals surface area contributed by atoms with Crippen LogP contribution in [0.25, 0.3) is 0 Å². The number of carbonyl (C=O) groups excluding carboxylic acids is 1. The van der Waals surface area contributed by atoms with Crippen LogP contribution in [0, 0.1) is 5.92 Å². The van der Waals surface area contributed by atoms with Crippen molar-refractivity contribution < 1.29 is 9.90 Å². The van der Waals surface area contributed by atoms with Gasteiger partial charge in [0.2, 0.25) is 0 Å². The zero-order valence-corrected chi connectivity index (χ0v) is 19.9. The highest BCUT2D eigenvalue weighted by atomic mass is 32.1. The normalized spacial score (nSPS) is 27.6. The van der Waals surface area contributed by atoms with E-state index < -0.39 is 5.60 Å². The van der Waals surface area contributed by atoms with Gasteiger partial charge in [-0.1, -0.05) is 6.07 Å². The van der Waals surface area contributed by atoms with Crippen LogP contribution in [0.4, 0.5) is 5.69 Å². The maximum Gasteiger partial charge on any atom is 0.265 e. The van der Waals surface area contributed by atoms with Gasteiger partial charge in [0.25, 0.3) is 5.91 Å². The molecular weight excluding hydrogens is 424 g/mol. The molecule has 2 aromatic rings. The third-order valence-electron chi connectivity index (χ3n) is 8.13. The maximum atomic E-state index is 13.4. The summed E-state index contributed by atoms with van der Waals surface area (Å²) in [6.07, 6.45) is 11.3. The van der Waals surface area contributed by atoms with E-state index in [-0.39, 0.29) is 5.91 Å². The van der Waals surface area contributed by atoms with Crippen LogP contribution in [0.15, 0.2) is 12.1 Å². The molecule has 0 saturated heterocycles. The van der Waals surface area contributed by atoms with Crippen molar-refractivity contribution >= 4 is 35.7 Å². The van der Waals surface area contributed by atoms with Gasteiger partial charge in [-0.15, -0.1) is 24.2 Å². The molecule has 1 saturated carbocycles. The summed E-state index contributed by atoms with van der Waals surface area (Å²) in [6, 6.07) is 4.41. The van der Waals surface area contributed by atoms with E-state index in [0.717, 1.165) is 67.5 Å². The summed E-state index contributed by atoms with van der Waals surface area (Å²) in [4.78, 5) is 15.4. The molecule has 0 aliphatic heterocycles. The number of carbonyl (C=O) groups is 1. The fraction of sp³-hybridized carbons (Fsp3) is 0.560. The topological polar surface area (TPSA) is 75.3 Å². The monoisotopic (exact) mass is 456 g/mol. The quantitative estimate of drug-likeness (QED) is 0.466. The van der Waals surface area contributed by atoms with Crippen LogP contribution < -0.4 is 10.5 Å². The molecule has 4 N–H and O–H groups in total. The average molecular weight is 457 g/mol. The lowest BCUT2D eigenvalue weighted by Crippen LogP contribution is -2.31. The van der Waals surface area contributed by atoms with E-state index in [2.05, 4.69) is 29.3 Å². The number of nitrogens with two attached hydrogens (primary N) is 1. The lowest BCUT2D eigenvalue weighted by atomic mass is 9.77. The molecule has 4 nitrogen and oxygen atoms in total. The second-order valence-electron chi connectivity index (χ2n) is 9.77. The lowest BCUT2D eigenvalue weighted by Gasteiger charge is -2.32. The van der Waals surface area contributed by atoms with E-state index in [1.165, 1.54) is 40.0 Å². The smallest absolute Gasteiger partial charge is 0.265 e. The van der Waals surface area contributed by atoms with Gasteiger partial charge in [-0.05, 0) is 117 Å². The number of nitrogens with one attached hydrogen (secondary N) is 1. The van der Waals surface area contributed by atoms with Crippen LogP contribution >= 0.6 is 24.2 Å². The molecule has 1 fully saturated rings. The van der Waals surface area contributed by atoms with Gasteiger partial charge in [0.1, 0.15) is 0 Å². The molecule has 2 bridgehead atoms. The van der Waals surface area contributed by atoms with Crippen molar-refractivity contribution in [2.45, 2.75) is 82.7 Å². The molecule has 1 aromatic heterocycles. The Bertz CT molecular complexity index is 987. The van der Waals surface area contributed by atoms with Crippen LogP contribution in [0.3, 0.4) is 0 Å². The summed E-state index contributed by atoms with van der Waals surface area (Å²) in [5, 5.41) is 18.8. The first-order valence-electron chi connectivity index (χ1n) is 11.6. The summed E-state index contributed by atoms with van der Waals surface area (Å²) in [5.41, 5.74) is 7.00. The summed E-state index contributed by atoms with van der Waals surface area (Å²) >= 11 is 4.66. The first-order chi connectivity index (χ1) is 15.0. The first-order valence-corrected chi connectivity index (χ1v) is 13.0. The molecule has 1 amide bonds. The third kappa shape index (κ3) is 3.47. The Labute approximate surface area is 194 Å². The zero-order chi connectivity index (χ0) is 21.8. The summed E-state index contributed by atoms with van der Waals surface area (Å²) in [6.45, 7) is 1.97. The SMILES string of the molecule is CC1(O)c2cc(C(=O)Nc3c4c(cc5c3CCC5)CCC4)sc2C2CCC1CC2.NS. The van der Waals surface area contributed by atoms with Crippen LogP contribution in [0.2, 0.25) is 0 Å². The molecule has 1 aromatic carbocycles. The number of rotatable bonds is 2. The Morgan fingerprint density at radius 3 is 2.29 bits per heavy atom. The highest BCUT2D eigenvalue weighted by Crippen LogP contribution is 2.53. The summed E-state index contributed by atoms with van der Waals surface area (Å²) < 4.78 is 0. The number of aliphatic hydroxyl groups is 1. The van der Waals surface area contributed by atoms with Crippen molar-refractivity contribution in [3.8, 4) is 0 Å². The van der Waals surface area contributed by atoms with Crippen molar-refractivity contribution in [2.24, 2.45) is 11.1 Å². The van der Waals surface area contributed by atoms with Gasteiger partial charge in [-0.3, -0.25) is 9.93 Å². The molecule has 166 valence electrons. The van der Waals surface area contributed by atoms with Gasteiger partial charge in [0.15, 0.2) is 0 Å². The molecule has 31 heavy (non-hydrogen) atoms. The standard InChI is InChI=1S/C25H29NO2S.H3NS/c1-25(28)17-10-8-14(9-11-17)23-20(25)13-21(29-23)24(27)26-22-18-6-2-4-15(18)12-16-5-3-7-19(16)22;1-2/h12-14,17,28H,2-11H2,1H3,(H,26,27);2H,1H2. The van der Waals surface area contributed by atoms with Crippen LogP contribution in [0.5, 0.6) is 0 Å². The molecule has 6 heteroatoms. The largest absolute Gasteiger partial charge is 0.385 e. The molecular formula is C25H32N2O2S2. The Balaban J connectivity index is 0.000000994. The molecule has 5 aliphatic rings. The van der Waals surface area contributed by atoms with E-state index in [4.69, 9.17) is 0 Å². The van der Waals surface area contributed by atoms with Crippen LogP contribution in [0.1, 0.15) is 93.7 Å². The number of fused-ring (bicyclic) bond motifs is 4. The van der Waals surface area contributed by atoms with Crippen molar-refractivity contribution in [1.82, 2.24) is 0 Å². The van der Waals surface area contributed by atoms with Crippen LogP contribution in [-0.2, 0) is 31.3 Å². The number of aryl methyl sites for hydroxylation is 2. The highest BCUT2D eigenvalue weighted by molar-refractivity contribution is 7.77. The Morgan fingerprint density at radius 1 is 1.06 bits per heavy atom. The number of anilines is 1. The zero-order valence-electron chi connectivity index (χ0n) is 18.2. The molecule has 0 radical (unpaired) electrons. The molecule has 1 heterocycles. The van der Waals surface area contributed by atoms with Gasteiger partial charge in [0.05, 0.1) is 10.5 Å². The second-order valence-corrected chi connectivity index (χ2v) is 10.9. The van der Waals surface area contributed by atoms with Crippen molar-refractivity contribution in [3.05, 3.63) is 49.7 Å². The van der Waals surface area contributed by atoms with E-state index in [1.54, 1.807) is 11.3 Å². The van der Waals surface area contributed by atoms with Gasteiger partial charge in [-0.25, -0.2) is 0 Å². The fourth-order valence-corrected chi connectivity index (χ4v) is 7.83. The second kappa shape index (κ2) is 8.22. The van der Waals surface area contributed by atoms with Crippen molar-refractivity contribution in [3.63, 3.8) is 0 Å². The molecule has 1 atom stereocenters. The highest BCUT2D eigenvalue weighted by Gasteiger charge is 2.44. The van der Waals surface area contributed by atoms with Gasteiger partial charge >= 0.3 is 0 Å².